The number of rotatable bonds is 1. The number of thiocarbonyl (C=S) groups is 1. The van der Waals surface area contributed by atoms with Gasteiger partial charge in [0.2, 0.25) is 0 Å². The first-order chi connectivity index (χ1) is 11.7. The van der Waals surface area contributed by atoms with Crippen molar-refractivity contribution in [2.24, 2.45) is 17.8 Å². The zero-order valence-electron chi connectivity index (χ0n) is 14.0. The lowest BCUT2D eigenvalue weighted by atomic mass is 9.83. The van der Waals surface area contributed by atoms with Gasteiger partial charge < -0.3 is 14.8 Å². The van der Waals surface area contributed by atoms with E-state index in [1.54, 1.807) is 6.07 Å². The van der Waals surface area contributed by atoms with Crippen LogP contribution in [0.2, 0.25) is 0 Å². The summed E-state index contributed by atoms with van der Waals surface area (Å²) in [6, 6.07) is 6.31. The number of pyridine rings is 1. The Morgan fingerprint density at radius 3 is 2.79 bits per heavy atom. The zero-order chi connectivity index (χ0) is 16.3. The van der Waals surface area contributed by atoms with Crippen molar-refractivity contribution in [3.05, 3.63) is 34.2 Å². The van der Waals surface area contributed by atoms with Gasteiger partial charge in [-0.2, -0.15) is 0 Å². The fraction of sp³-hybridized carbons (Fsp3) is 0.684. The maximum atomic E-state index is 12.1. The maximum Gasteiger partial charge on any atom is 0.250 e. The Balaban J connectivity index is 1.31. The van der Waals surface area contributed by atoms with E-state index in [0.29, 0.717) is 17.9 Å². The smallest absolute Gasteiger partial charge is 0.250 e. The second-order valence-electron chi connectivity index (χ2n) is 8.33. The summed E-state index contributed by atoms with van der Waals surface area (Å²) < 4.78 is 1.99. The fourth-order valence-electron chi connectivity index (χ4n) is 5.73. The summed E-state index contributed by atoms with van der Waals surface area (Å²) in [7, 11) is 0. The number of hydrogen-bond donors (Lipinski definition) is 1. The molecule has 2 saturated carbocycles. The van der Waals surface area contributed by atoms with Gasteiger partial charge in [-0.15, -0.1) is 0 Å². The average molecular weight is 343 g/mol. The summed E-state index contributed by atoms with van der Waals surface area (Å²) in [4.78, 5) is 14.5. The van der Waals surface area contributed by atoms with Crippen LogP contribution in [0.15, 0.2) is 23.0 Å². The number of aromatic nitrogens is 1. The Hall–Kier alpha value is -1.36. The van der Waals surface area contributed by atoms with E-state index in [1.807, 2.05) is 10.6 Å². The van der Waals surface area contributed by atoms with Crippen molar-refractivity contribution in [2.45, 2.75) is 50.6 Å². The molecular weight excluding hydrogens is 318 g/mol. The summed E-state index contributed by atoms with van der Waals surface area (Å²) in [5.41, 5.74) is 1.35. The van der Waals surface area contributed by atoms with Crippen molar-refractivity contribution in [3.8, 4) is 0 Å². The van der Waals surface area contributed by atoms with E-state index in [1.165, 1.54) is 37.8 Å². The van der Waals surface area contributed by atoms with Gasteiger partial charge in [-0.05, 0) is 61.7 Å². The molecule has 3 fully saturated rings. The fourth-order valence-corrected chi connectivity index (χ4v) is 6.03. The lowest BCUT2D eigenvalue weighted by molar-refractivity contribution is 0.175. The van der Waals surface area contributed by atoms with Crippen molar-refractivity contribution in [3.63, 3.8) is 0 Å². The van der Waals surface area contributed by atoms with Gasteiger partial charge >= 0.3 is 0 Å². The lowest BCUT2D eigenvalue weighted by Crippen LogP contribution is -2.54. The third kappa shape index (κ3) is 2.40. The van der Waals surface area contributed by atoms with E-state index >= 15 is 0 Å². The number of nitrogens with one attached hydrogen (secondary N) is 1. The van der Waals surface area contributed by atoms with Gasteiger partial charge in [-0.3, -0.25) is 4.79 Å². The molecule has 1 aromatic heterocycles. The number of piperidine rings is 1. The average Bonchev–Trinajstić information content (AvgIpc) is 3.18. The van der Waals surface area contributed by atoms with Crippen LogP contribution < -0.4 is 10.9 Å². The minimum atomic E-state index is 0.151. The van der Waals surface area contributed by atoms with Gasteiger partial charge in [0.05, 0.1) is 0 Å². The minimum absolute atomic E-state index is 0.151. The SMILES string of the molecule is O=c1cccc2n1CC1CC2CN(C(=S)NC2CC3CCC2C3)C1. The van der Waals surface area contributed by atoms with Crippen LogP contribution in [0.1, 0.15) is 43.7 Å². The molecule has 24 heavy (non-hydrogen) atoms. The molecule has 4 bridgehead atoms. The van der Waals surface area contributed by atoms with Gasteiger partial charge in [0.25, 0.3) is 5.56 Å². The van der Waals surface area contributed by atoms with Crippen LogP contribution in [0.5, 0.6) is 0 Å². The Labute approximate surface area is 148 Å². The molecule has 1 saturated heterocycles. The van der Waals surface area contributed by atoms with E-state index in [-0.39, 0.29) is 5.56 Å². The van der Waals surface area contributed by atoms with Gasteiger partial charge in [0.15, 0.2) is 5.11 Å². The van der Waals surface area contributed by atoms with Gasteiger partial charge in [0.1, 0.15) is 0 Å². The maximum absolute atomic E-state index is 12.1. The summed E-state index contributed by atoms with van der Waals surface area (Å²) in [6.07, 6.45) is 6.71. The molecule has 0 amide bonds. The van der Waals surface area contributed by atoms with Gasteiger partial charge in [-0.1, -0.05) is 12.5 Å². The molecule has 4 nitrogen and oxygen atoms in total. The van der Waals surface area contributed by atoms with Crippen LogP contribution in [0, 0.1) is 17.8 Å². The highest BCUT2D eigenvalue weighted by molar-refractivity contribution is 7.80. The van der Waals surface area contributed by atoms with Crippen molar-refractivity contribution < 1.29 is 0 Å². The first-order valence-corrected chi connectivity index (χ1v) is 9.83. The Morgan fingerprint density at radius 1 is 1.08 bits per heavy atom. The monoisotopic (exact) mass is 343 g/mol. The summed E-state index contributed by atoms with van der Waals surface area (Å²) >= 11 is 5.77. The second-order valence-corrected chi connectivity index (χ2v) is 8.72. The molecule has 5 atom stereocenters. The lowest BCUT2D eigenvalue weighted by Gasteiger charge is -2.44. The molecule has 5 unspecified atom stereocenters. The molecule has 0 spiro atoms. The second kappa shape index (κ2) is 5.58. The molecule has 5 heteroatoms. The van der Waals surface area contributed by atoms with Crippen LogP contribution in [-0.2, 0) is 6.54 Å². The van der Waals surface area contributed by atoms with Crippen LogP contribution >= 0.6 is 12.2 Å². The molecule has 2 aliphatic carbocycles. The molecule has 128 valence electrons. The third-order valence-corrected chi connectivity index (χ3v) is 7.19. The third-order valence-electron chi connectivity index (χ3n) is 6.81. The summed E-state index contributed by atoms with van der Waals surface area (Å²) in [6.45, 7) is 2.79. The molecule has 1 aromatic rings. The Kier molecular flexibility index (Phi) is 3.47. The Bertz CT molecular complexity index is 730. The standard InChI is InChI=1S/C19H25N3OS/c23-18-3-1-2-17-15-7-13(10-22(17)18)9-21(11-15)19(24)20-16-8-12-4-5-14(16)6-12/h1-3,12-16H,4-11H2,(H,20,24). The highest BCUT2D eigenvalue weighted by atomic mass is 32.1. The predicted molar refractivity (Wildman–Crippen MR) is 98.1 cm³/mol. The highest BCUT2D eigenvalue weighted by Crippen LogP contribution is 2.44. The highest BCUT2D eigenvalue weighted by Gasteiger charge is 2.41. The van der Waals surface area contributed by atoms with Gasteiger partial charge in [-0.25, -0.2) is 0 Å². The van der Waals surface area contributed by atoms with Crippen molar-refractivity contribution in [1.29, 1.82) is 0 Å². The van der Waals surface area contributed by atoms with E-state index < -0.39 is 0 Å². The molecule has 0 aromatic carbocycles. The van der Waals surface area contributed by atoms with Crippen molar-refractivity contribution in [1.82, 2.24) is 14.8 Å². The van der Waals surface area contributed by atoms with Crippen LogP contribution in [-0.4, -0.2) is 33.7 Å². The largest absolute Gasteiger partial charge is 0.360 e. The van der Waals surface area contributed by atoms with Crippen LogP contribution in [0.25, 0.3) is 0 Å². The summed E-state index contributed by atoms with van der Waals surface area (Å²) in [5.74, 6) is 2.76. The molecule has 1 N–H and O–H groups in total. The molecule has 0 radical (unpaired) electrons. The molecular formula is C19H25N3OS. The molecule has 4 aliphatic rings. The molecule has 3 heterocycles. The quantitative estimate of drug-likeness (QED) is 0.794. The van der Waals surface area contributed by atoms with Crippen LogP contribution in [0.3, 0.4) is 0 Å². The van der Waals surface area contributed by atoms with E-state index in [9.17, 15) is 4.79 Å². The minimum Gasteiger partial charge on any atom is -0.360 e. The summed E-state index contributed by atoms with van der Waals surface area (Å²) in [5, 5.41) is 4.65. The number of nitrogens with zero attached hydrogens (tertiary/aromatic N) is 2. The first-order valence-electron chi connectivity index (χ1n) is 9.42. The number of fused-ring (bicyclic) bond motifs is 6. The normalized spacial score (nSPS) is 36.5. The molecule has 2 aliphatic heterocycles. The van der Waals surface area contributed by atoms with Crippen molar-refractivity contribution >= 4 is 17.3 Å². The topological polar surface area (TPSA) is 37.3 Å². The predicted octanol–water partition coefficient (Wildman–Crippen LogP) is 2.33. The van der Waals surface area contributed by atoms with E-state index in [4.69, 9.17) is 12.2 Å². The van der Waals surface area contributed by atoms with Crippen LogP contribution in [0.4, 0.5) is 0 Å². The van der Waals surface area contributed by atoms with Crippen molar-refractivity contribution in [2.75, 3.05) is 13.1 Å². The van der Waals surface area contributed by atoms with Gasteiger partial charge in [0, 0.05) is 43.4 Å². The Morgan fingerprint density at radius 2 is 2.00 bits per heavy atom. The number of hydrogen-bond acceptors (Lipinski definition) is 2. The molecule has 5 rings (SSSR count). The van der Waals surface area contributed by atoms with E-state index in [2.05, 4.69) is 16.3 Å². The zero-order valence-corrected chi connectivity index (χ0v) is 14.8. The number of likely N-dealkylation sites (tertiary alicyclic amines) is 1. The van der Waals surface area contributed by atoms with E-state index in [0.717, 1.165) is 36.6 Å². The first kappa shape index (κ1) is 14.9.